The molecule has 0 radical (unpaired) electrons. The van der Waals surface area contributed by atoms with Gasteiger partial charge in [-0.2, -0.15) is 0 Å². The van der Waals surface area contributed by atoms with Crippen molar-refractivity contribution in [1.82, 2.24) is 0 Å². The molecule has 0 aromatic heterocycles. The van der Waals surface area contributed by atoms with Crippen molar-refractivity contribution in [3.05, 3.63) is 36.9 Å². The molecule has 0 aliphatic heterocycles. The average Bonchev–Trinajstić information content (AvgIpc) is 2.46. The second-order valence-corrected chi connectivity index (χ2v) is 6.83. The molecule has 21 heavy (non-hydrogen) atoms. The van der Waals surface area contributed by atoms with E-state index >= 15 is 0 Å². The van der Waals surface area contributed by atoms with Crippen LogP contribution in [-0.2, 0) is 14.6 Å². The summed E-state index contributed by atoms with van der Waals surface area (Å²) in [6.45, 7) is 3.82. The van der Waals surface area contributed by atoms with Crippen LogP contribution >= 0.6 is 0 Å². The van der Waals surface area contributed by atoms with Crippen LogP contribution in [0.1, 0.15) is 25.7 Å². The molecule has 118 valence electrons. The first-order valence-electron chi connectivity index (χ1n) is 6.90. The van der Waals surface area contributed by atoms with Crippen molar-refractivity contribution in [3.8, 4) is 5.75 Å². The van der Waals surface area contributed by atoms with E-state index in [4.69, 9.17) is 14.9 Å². The van der Waals surface area contributed by atoms with Gasteiger partial charge in [0.05, 0.1) is 17.3 Å². The van der Waals surface area contributed by atoms with Gasteiger partial charge in [0, 0.05) is 0 Å². The number of phenols is 1. The Morgan fingerprint density at radius 2 is 1.76 bits per heavy atom. The highest BCUT2D eigenvalue weighted by atomic mass is 32.2. The quantitative estimate of drug-likeness (QED) is 0.393. The van der Waals surface area contributed by atoms with Crippen molar-refractivity contribution in [1.29, 1.82) is 0 Å². The number of unbranched alkanes of at least 4 members (excludes halogenated alkanes) is 3. The molecule has 0 amide bonds. The summed E-state index contributed by atoms with van der Waals surface area (Å²) in [5.41, 5.74) is 0. The molecule has 0 heterocycles. The minimum absolute atomic E-state index is 0.0515. The third-order valence-electron chi connectivity index (χ3n) is 2.99. The van der Waals surface area contributed by atoms with E-state index in [1.54, 1.807) is 0 Å². The van der Waals surface area contributed by atoms with E-state index in [2.05, 4.69) is 6.58 Å². The number of ether oxygens (including phenoxy) is 1. The normalized spacial score (nSPS) is 13.0. The van der Waals surface area contributed by atoms with Gasteiger partial charge in [-0.15, -0.1) is 0 Å². The van der Waals surface area contributed by atoms with Crippen molar-refractivity contribution in [2.45, 2.75) is 36.9 Å². The Balaban J connectivity index is 2.22. The van der Waals surface area contributed by atoms with Gasteiger partial charge in [-0.3, -0.25) is 0 Å². The molecule has 1 aromatic rings. The molecule has 5 nitrogen and oxygen atoms in total. The largest absolute Gasteiger partial charge is 0.508 e. The SMILES string of the molecule is C=CC(O)OCCCCCCS(=O)(=O)c1ccc(O)cc1. The fraction of sp³-hybridized carbons (Fsp3) is 0.467. The number of aliphatic hydroxyl groups is 1. The molecule has 0 aliphatic rings. The van der Waals surface area contributed by atoms with Gasteiger partial charge in [-0.1, -0.05) is 19.4 Å². The highest BCUT2D eigenvalue weighted by Crippen LogP contribution is 2.17. The molecule has 0 fully saturated rings. The van der Waals surface area contributed by atoms with Crippen LogP contribution in [0.5, 0.6) is 5.75 Å². The first-order valence-corrected chi connectivity index (χ1v) is 8.55. The van der Waals surface area contributed by atoms with Crippen LogP contribution in [0.15, 0.2) is 41.8 Å². The highest BCUT2D eigenvalue weighted by molar-refractivity contribution is 7.91. The minimum atomic E-state index is -3.28. The monoisotopic (exact) mass is 314 g/mol. The van der Waals surface area contributed by atoms with Crippen LogP contribution < -0.4 is 0 Å². The predicted octanol–water partition coefficient (Wildman–Crippen LogP) is 2.25. The Morgan fingerprint density at radius 3 is 2.38 bits per heavy atom. The van der Waals surface area contributed by atoms with Crippen molar-refractivity contribution in [2.24, 2.45) is 0 Å². The van der Waals surface area contributed by atoms with Crippen molar-refractivity contribution in [2.75, 3.05) is 12.4 Å². The van der Waals surface area contributed by atoms with Crippen molar-refractivity contribution >= 4 is 9.84 Å². The van der Waals surface area contributed by atoms with Crippen LogP contribution in [0.2, 0.25) is 0 Å². The summed E-state index contributed by atoms with van der Waals surface area (Å²) in [4.78, 5) is 0.234. The van der Waals surface area contributed by atoms with Gasteiger partial charge < -0.3 is 14.9 Å². The Kier molecular flexibility index (Phi) is 7.42. The Labute approximate surface area is 125 Å². The molecule has 0 bridgehead atoms. The second kappa shape index (κ2) is 8.81. The molecule has 1 atom stereocenters. The topological polar surface area (TPSA) is 83.8 Å². The number of sulfone groups is 1. The Hall–Kier alpha value is -1.37. The molecular weight excluding hydrogens is 292 g/mol. The summed E-state index contributed by atoms with van der Waals surface area (Å²) in [6, 6.07) is 5.56. The first-order chi connectivity index (χ1) is 9.95. The van der Waals surface area contributed by atoms with Gasteiger partial charge in [-0.05, 0) is 43.2 Å². The zero-order valence-corrected chi connectivity index (χ0v) is 12.8. The van der Waals surface area contributed by atoms with Crippen LogP contribution in [0.3, 0.4) is 0 Å². The van der Waals surface area contributed by atoms with E-state index in [-0.39, 0.29) is 16.4 Å². The van der Waals surface area contributed by atoms with E-state index in [0.29, 0.717) is 13.0 Å². The number of aliphatic hydroxyl groups excluding tert-OH is 1. The van der Waals surface area contributed by atoms with Gasteiger partial charge in [0.25, 0.3) is 0 Å². The molecule has 2 N–H and O–H groups in total. The lowest BCUT2D eigenvalue weighted by Gasteiger charge is -2.07. The third-order valence-corrected chi connectivity index (χ3v) is 4.81. The summed E-state index contributed by atoms with van der Waals surface area (Å²) < 4.78 is 29.0. The number of phenolic OH excluding ortho intramolecular Hbond substituents is 1. The summed E-state index contributed by atoms with van der Waals surface area (Å²) >= 11 is 0. The Morgan fingerprint density at radius 1 is 1.14 bits per heavy atom. The third kappa shape index (κ3) is 6.75. The molecule has 0 saturated carbocycles. The number of benzene rings is 1. The fourth-order valence-electron chi connectivity index (χ4n) is 1.79. The molecular formula is C15H22O5S. The van der Waals surface area contributed by atoms with E-state index in [0.717, 1.165) is 19.3 Å². The molecule has 1 aromatic carbocycles. The average molecular weight is 314 g/mol. The molecule has 0 aliphatic carbocycles. The molecule has 6 heteroatoms. The van der Waals surface area contributed by atoms with Gasteiger partial charge in [0.2, 0.25) is 0 Å². The zero-order chi connectivity index (χ0) is 15.7. The highest BCUT2D eigenvalue weighted by Gasteiger charge is 2.13. The van der Waals surface area contributed by atoms with Crippen LogP contribution in [0.25, 0.3) is 0 Å². The van der Waals surface area contributed by atoms with Gasteiger partial charge >= 0.3 is 0 Å². The zero-order valence-electron chi connectivity index (χ0n) is 11.9. The summed E-state index contributed by atoms with van der Waals surface area (Å²) in [6.07, 6.45) is 3.35. The summed E-state index contributed by atoms with van der Waals surface area (Å²) in [7, 11) is -3.28. The van der Waals surface area contributed by atoms with E-state index in [1.807, 2.05) is 0 Å². The Bertz CT molecular complexity index is 521. The predicted molar refractivity (Wildman–Crippen MR) is 80.8 cm³/mol. The lowest BCUT2D eigenvalue weighted by molar-refractivity contribution is -0.0648. The van der Waals surface area contributed by atoms with Gasteiger partial charge in [0.15, 0.2) is 16.1 Å². The maximum Gasteiger partial charge on any atom is 0.178 e. The number of hydrogen-bond donors (Lipinski definition) is 2. The smallest absolute Gasteiger partial charge is 0.178 e. The molecule has 1 unspecified atom stereocenters. The van der Waals surface area contributed by atoms with Crippen LogP contribution in [0.4, 0.5) is 0 Å². The van der Waals surface area contributed by atoms with E-state index in [1.165, 1.54) is 30.3 Å². The van der Waals surface area contributed by atoms with E-state index in [9.17, 15) is 8.42 Å². The minimum Gasteiger partial charge on any atom is -0.508 e. The van der Waals surface area contributed by atoms with Gasteiger partial charge in [-0.25, -0.2) is 8.42 Å². The summed E-state index contributed by atoms with van der Waals surface area (Å²) in [5, 5.41) is 18.2. The van der Waals surface area contributed by atoms with E-state index < -0.39 is 16.1 Å². The van der Waals surface area contributed by atoms with Crippen LogP contribution in [0, 0.1) is 0 Å². The van der Waals surface area contributed by atoms with Crippen molar-refractivity contribution < 1.29 is 23.4 Å². The van der Waals surface area contributed by atoms with Crippen molar-refractivity contribution in [3.63, 3.8) is 0 Å². The fourth-order valence-corrected chi connectivity index (χ4v) is 3.16. The maximum atomic E-state index is 12.0. The number of aromatic hydroxyl groups is 1. The molecule has 0 spiro atoms. The second-order valence-electron chi connectivity index (χ2n) is 4.72. The van der Waals surface area contributed by atoms with Crippen LogP contribution in [-0.4, -0.2) is 37.3 Å². The molecule has 1 rings (SSSR count). The standard InChI is InChI=1S/C15H22O5S/c1-2-15(17)20-11-5-3-4-6-12-21(18,19)14-9-7-13(16)8-10-14/h2,7-10,15-17H,1,3-6,11-12H2. The maximum absolute atomic E-state index is 12.0. The number of hydrogen-bond acceptors (Lipinski definition) is 5. The van der Waals surface area contributed by atoms with Gasteiger partial charge in [0.1, 0.15) is 5.75 Å². The molecule has 0 saturated heterocycles. The summed E-state index contributed by atoms with van der Waals surface area (Å²) in [5.74, 6) is 0.143. The lowest BCUT2D eigenvalue weighted by atomic mass is 10.2. The first kappa shape index (κ1) is 17.7. The number of rotatable bonds is 10. The lowest BCUT2D eigenvalue weighted by Crippen LogP contribution is -2.09.